The smallest absolute Gasteiger partial charge is 0.243 e. The fraction of sp³-hybridized carbons (Fsp3) is 0.591. The minimum absolute atomic E-state index is 0.0493. The first-order valence-corrected chi connectivity index (χ1v) is 12.0. The number of aromatic nitrogens is 1. The van der Waals surface area contributed by atoms with Gasteiger partial charge in [-0.05, 0) is 69.2 Å². The molecular weight excluding hydrogens is 386 g/mol. The molecule has 0 saturated carbocycles. The van der Waals surface area contributed by atoms with Gasteiger partial charge in [0.15, 0.2) is 0 Å². The second kappa shape index (κ2) is 7.85. The van der Waals surface area contributed by atoms with E-state index in [9.17, 15) is 8.42 Å². The Morgan fingerprint density at radius 1 is 1.10 bits per heavy atom. The average Bonchev–Trinajstić information content (AvgIpc) is 3.27. The van der Waals surface area contributed by atoms with E-state index in [2.05, 4.69) is 17.0 Å². The van der Waals surface area contributed by atoms with Crippen LogP contribution in [0.15, 0.2) is 33.7 Å². The number of sulfonamides is 1. The molecule has 158 valence electrons. The van der Waals surface area contributed by atoms with Crippen LogP contribution in [0.2, 0.25) is 0 Å². The van der Waals surface area contributed by atoms with Crippen molar-refractivity contribution in [3.05, 3.63) is 46.8 Å². The molecule has 4 rings (SSSR count). The lowest BCUT2D eigenvalue weighted by molar-refractivity contribution is 0.0930. The zero-order chi connectivity index (χ0) is 20.6. The molecule has 7 heteroatoms. The van der Waals surface area contributed by atoms with E-state index in [0.717, 1.165) is 62.3 Å². The lowest BCUT2D eigenvalue weighted by Crippen LogP contribution is -2.45. The predicted octanol–water partition coefficient (Wildman–Crippen LogP) is 3.53. The van der Waals surface area contributed by atoms with Gasteiger partial charge < -0.3 is 4.52 Å². The van der Waals surface area contributed by atoms with Crippen LogP contribution in [0.5, 0.6) is 0 Å². The number of piperidine rings is 1. The van der Waals surface area contributed by atoms with Gasteiger partial charge in [0, 0.05) is 31.7 Å². The van der Waals surface area contributed by atoms with Gasteiger partial charge in [-0.1, -0.05) is 24.2 Å². The van der Waals surface area contributed by atoms with Gasteiger partial charge in [0.25, 0.3) is 0 Å². The fourth-order valence-electron chi connectivity index (χ4n) is 4.87. The molecule has 1 aromatic carbocycles. The quantitative estimate of drug-likeness (QED) is 0.745. The summed E-state index contributed by atoms with van der Waals surface area (Å²) in [6, 6.07) is 7.35. The number of hydrogen-bond acceptors (Lipinski definition) is 5. The van der Waals surface area contributed by atoms with E-state index in [1.165, 1.54) is 5.56 Å². The van der Waals surface area contributed by atoms with Gasteiger partial charge >= 0.3 is 0 Å². The van der Waals surface area contributed by atoms with Gasteiger partial charge in [-0.15, -0.1) is 0 Å². The van der Waals surface area contributed by atoms with Crippen LogP contribution in [-0.4, -0.2) is 49.0 Å². The van der Waals surface area contributed by atoms with Gasteiger partial charge in [0.05, 0.1) is 10.6 Å². The summed E-state index contributed by atoms with van der Waals surface area (Å²) < 4.78 is 33.4. The van der Waals surface area contributed by atoms with Crippen LogP contribution in [0.25, 0.3) is 0 Å². The van der Waals surface area contributed by atoms with Crippen LogP contribution in [0.1, 0.15) is 48.8 Å². The first kappa shape index (κ1) is 20.6. The lowest BCUT2D eigenvalue weighted by Gasteiger charge is -2.40. The van der Waals surface area contributed by atoms with Crippen LogP contribution < -0.4 is 0 Å². The summed E-state index contributed by atoms with van der Waals surface area (Å²) >= 11 is 0. The molecule has 3 heterocycles. The summed E-state index contributed by atoms with van der Waals surface area (Å²) in [4.78, 5) is 2.86. The summed E-state index contributed by atoms with van der Waals surface area (Å²) in [7, 11) is -3.43. The van der Waals surface area contributed by atoms with E-state index in [-0.39, 0.29) is 5.41 Å². The van der Waals surface area contributed by atoms with Crippen molar-refractivity contribution in [2.75, 3.05) is 26.2 Å². The monoisotopic (exact) mass is 417 g/mol. The third kappa shape index (κ3) is 4.00. The highest BCUT2D eigenvalue weighted by atomic mass is 32.2. The second-order valence-electron chi connectivity index (χ2n) is 8.70. The minimum Gasteiger partial charge on any atom is -0.361 e. The second-order valence-corrected chi connectivity index (χ2v) is 10.6. The van der Waals surface area contributed by atoms with Crippen molar-refractivity contribution in [3.63, 3.8) is 0 Å². The standard InChI is InChI=1S/C22H31N3O3S/c1-4-19-6-8-20(9-7-19)29(26,27)25-13-11-22(16-25)10-5-12-24(15-22)14-21-17(2)23-28-18(21)3/h6-9H,4-5,10-16H2,1-3H3/t22-/m0/s1. The first-order chi connectivity index (χ1) is 13.8. The van der Waals surface area contributed by atoms with Crippen molar-refractivity contribution < 1.29 is 12.9 Å². The number of rotatable bonds is 5. The Morgan fingerprint density at radius 2 is 1.86 bits per heavy atom. The van der Waals surface area contributed by atoms with Gasteiger partial charge in [-0.25, -0.2) is 8.42 Å². The van der Waals surface area contributed by atoms with Crippen molar-refractivity contribution in [1.82, 2.24) is 14.4 Å². The normalized spacial score (nSPS) is 23.8. The minimum atomic E-state index is -3.43. The maximum atomic E-state index is 13.2. The highest BCUT2D eigenvalue weighted by Gasteiger charge is 2.45. The third-order valence-corrected chi connectivity index (χ3v) is 8.54. The summed E-state index contributed by atoms with van der Waals surface area (Å²) in [5.41, 5.74) is 3.33. The van der Waals surface area contributed by atoms with E-state index >= 15 is 0 Å². The van der Waals surface area contributed by atoms with Crippen molar-refractivity contribution in [1.29, 1.82) is 0 Å². The van der Waals surface area contributed by atoms with E-state index in [0.29, 0.717) is 18.0 Å². The Hall–Kier alpha value is -1.70. The summed E-state index contributed by atoms with van der Waals surface area (Å²) in [6.07, 6.45) is 4.03. The van der Waals surface area contributed by atoms with Crippen LogP contribution >= 0.6 is 0 Å². The number of benzene rings is 1. The van der Waals surface area contributed by atoms with Crippen LogP contribution in [-0.2, 0) is 23.0 Å². The summed E-state index contributed by atoms with van der Waals surface area (Å²) in [5.74, 6) is 0.883. The maximum absolute atomic E-state index is 13.2. The van der Waals surface area contributed by atoms with E-state index in [4.69, 9.17) is 4.52 Å². The SMILES string of the molecule is CCc1ccc(S(=O)(=O)N2CC[C@]3(CCCN(Cc4c(C)noc4C)C3)C2)cc1. The number of likely N-dealkylation sites (tertiary alicyclic amines) is 1. The van der Waals surface area contributed by atoms with E-state index in [1.807, 2.05) is 26.0 Å². The van der Waals surface area contributed by atoms with Gasteiger partial charge in [0.1, 0.15) is 5.76 Å². The number of aryl methyl sites for hydroxylation is 3. The highest BCUT2D eigenvalue weighted by molar-refractivity contribution is 7.89. The van der Waals surface area contributed by atoms with Gasteiger partial charge in [-0.3, -0.25) is 4.90 Å². The molecule has 1 aromatic heterocycles. The average molecular weight is 418 g/mol. The van der Waals surface area contributed by atoms with E-state index < -0.39 is 10.0 Å². The van der Waals surface area contributed by atoms with Gasteiger partial charge in [-0.2, -0.15) is 4.31 Å². The first-order valence-electron chi connectivity index (χ1n) is 10.6. The molecule has 2 saturated heterocycles. The zero-order valence-electron chi connectivity index (χ0n) is 17.6. The molecule has 29 heavy (non-hydrogen) atoms. The van der Waals surface area contributed by atoms with Crippen molar-refractivity contribution >= 4 is 10.0 Å². The van der Waals surface area contributed by atoms with Crippen molar-refractivity contribution in [2.24, 2.45) is 5.41 Å². The van der Waals surface area contributed by atoms with E-state index in [1.54, 1.807) is 16.4 Å². The molecule has 1 spiro atoms. The molecule has 2 aliphatic heterocycles. The molecule has 2 aromatic rings. The molecule has 1 atom stereocenters. The number of nitrogens with zero attached hydrogens (tertiary/aromatic N) is 3. The molecule has 0 amide bonds. The molecule has 0 N–H and O–H groups in total. The molecule has 2 fully saturated rings. The van der Waals surface area contributed by atoms with Crippen LogP contribution in [0.4, 0.5) is 0 Å². The van der Waals surface area contributed by atoms with Crippen molar-refractivity contribution in [2.45, 2.75) is 57.9 Å². The molecule has 0 radical (unpaired) electrons. The molecule has 0 aliphatic carbocycles. The van der Waals surface area contributed by atoms with Crippen LogP contribution in [0, 0.1) is 19.3 Å². The Bertz CT molecular complexity index is 948. The summed E-state index contributed by atoms with van der Waals surface area (Å²) in [6.45, 7) is 10.0. The zero-order valence-corrected chi connectivity index (χ0v) is 18.5. The molecule has 2 aliphatic rings. The Balaban J connectivity index is 1.47. The van der Waals surface area contributed by atoms with Crippen LogP contribution in [0.3, 0.4) is 0 Å². The largest absolute Gasteiger partial charge is 0.361 e. The van der Waals surface area contributed by atoms with Gasteiger partial charge in [0.2, 0.25) is 10.0 Å². The molecule has 0 unspecified atom stereocenters. The Labute approximate surface area is 173 Å². The molecule has 6 nitrogen and oxygen atoms in total. The molecule has 0 bridgehead atoms. The predicted molar refractivity (Wildman–Crippen MR) is 112 cm³/mol. The molecular formula is C22H31N3O3S. The topological polar surface area (TPSA) is 66.7 Å². The highest BCUT2D eigenvalue weighted by Crippen LogP contribution is 2.41. The summed E-state index contributed by atoms with van der Waals surface area (Å²) in [5, 5.41) is 4.07. The fourth-order valence-corrected chi connectivity index (χ4v) is 6.43. The third-order valence-electron chi connectivity index (χ3n) is 6.68. The Morgan fingerprint density at radius 3 is 2.52 bits per heavy atom. The van der Waals surface area contributed by atoms with Crippen molar-refractivity contribution in [3.8, 4) is 0 Å². The number of hydrogen-bond donors (Lipinski definition) is 0. The maximum Gasteiger partial charge on any atom is 0.243 e. The Kier molecular flexibility index (Phi) is 5.57. The lowest BCUT2D eigenvalue weighted by atomic mass is 9.79.